The second-order valence-electron chi connectivity index (χ2n) is 6.09. The van der Waals surface area contributed by atoms with Gasteiger partial charge in [-0.05, 0) is 31.0 Å². The Bertz CT molecular complexity index is 805. The number of amides is 2. The number of carbonyl (C=O) groups is 2. The minimum Gasteiger partial charge on any atom is -0.311 e. The summed E-state index contributed by atoms with van der Waals surface area (Å²) in [4.78, 5) is 26.0. The first kappa shape index (κ1) is 15.2. The molecule has 24 heavy (non-hydrogen) atoms. The maximum atomic E-state index is 13.3. The lowest BCUT2D eigenvalue weighted by Crippen LogP contribution is -2.28. The molecule has 2 amide bonds. The SMILES string of the molecule is O=C(Nc1nnc(C2CC2)s1)C1CC(=O)N(c2cccc(F)c2)C1. The van der Waals surface area contributed by atoms with Crippen LogP contribution in [0.15, 0.2) is 24.3 Å². The maximum absolute atomic E-state index is 13.3. The summed E-state index contributed by atoms with van der Waals surface area (Å²) in [6, 6.07) is 5.83. The van der Waals surface area contributed by atoms with Gasteiger partial charge in [0.05, 0.1) is 5.92 Å². The van der Waals surface area contributed by atoms with Crippen molar-refractivity contribution < 1.29 is 14.0 Å². The fraction of sp³-hybridized carbons (Fsp3) is 0.375. The molecule has 1 N–H and O–H groups in total. The van der Waals surface area contributed by atoms with Gasteiger partial charge in [0, 0.05) is 24.6 Å². The summed E-state index contributed by atoms with van der Waals surface area (Å²) < 4.78 is 13.3. The van der Waals surface area contributed by atoms with E-state index in [9.17, 15) is 14.0 Å². The van der Waals surface area contributed by atoms with Crippen molar-refractivity contribution >= 4 is 34.0 Å². The van der Waals surface area contributed by atoms with E-state index in [2.05, 4.69) is 15.5 Å². The van der Waals surface area contributed by atoms with E-state index in [1.54, 1.807) is 12.1 Å². The average Bonchev–Trinajstić information content (AvgIpc) is 3.18. The fourth-order valence-corrected chi connectivity index (χ4v) is 3.68. The zero-order valence-corrected chi connectivity index (χ0v) is 13.6. The molecule has 1 unspecified atom stereocenters. The van der Waals surface area contributed by atoms with Crippen molar-refractivity contribution in [3.63, 3.8) is 0 Å². The molecule has 6 nitrogen and oxygen atoms in total. The molecule has 8 heteroatoms. The Labute approximate surface area is 141 Å². The van der Waals surface area contributed by atoms with Gasteiger partial charge in [-0.1, -0.05) is 17.4 Å². The molecule has 2 aromatic rings. The highest BCUT2D eigenvalue weighted by Gasteiger charge is 2.36. The normalized spacial score (nSPS) is 20.5. The number of nitrogens with zero attached hydrogens (tertiary/aromatic N) is 3. The van der Waals surface area contributed by atoms with E-state index in [4.69, 9.17) is 0 Å². The van der Waals surface area contributed by atoms with Gasteiger partial charge < -0.3 is 10.2 Å². The first-order chi connectivity index (χ1) is 11.6. The average molecular weight is 346 g/mol. The van der Waals surface area contributed by atoms with Gasteiger partial charge in [0.1, 0.15) is 10.8 Å². The lowest BCUT2D eigenvalue weighted by atomic mass is 10.1. The van der Waals surface area contributed by atoms with Crippen molar-refractivity contribution in [2.75, 3.05) is 16.8 Å². The van der Waals surface area contributed by atoms with E-state index < -0.39 is 11.7 Å². The predicted octanol–water partition coefficient (Wildman–Crippen LogP) is 2.55. The quantitative estimate of drug-likeness (QED) is 0.923. The molecule has 1 aliphatic carbocycles. The summed E-state index contributed by atoms with van der Waals surface area (Å²) in [5.41, 5.74) is 0.474. The van der Waals surface area contributed by atoms with Crippen LogP contribution in [0.1, 0.15) is 30.2 Å². The molecule has 0 radical (unpaired) electrons. The zero-order chi connectivity index (χ0) is 16.7. The molecule has 1 aromatic carbocycles. The standard InChI is InChI=1S/C16H15FN4O2S/c17-11-2-1-3-12(7-11)21-8-10(6-13(21)22)14(23)18-16-20-19-15(24-16)9-4-5-9/h1-3,7,9-10H,4-6,8H2,(H,18,20,23). The van der Waals surface area contributed by atoms with Crippen LogP contribution in [0.5, 0.6) is 0 Å². The Morgan fingerprint density at radius 1 is 1.33 bits per heavy atom. The largest absolute Gasteiger partial charge is 0.311 e. The van der Waals surface area contributed by atoms with Crippen molar-refractivity contribution in [2.45, 2.75) is 25.2 Å². The molecule has 0 bridgehead atoms. The Morgan fingerprint density at radius 2 is 2.17 bits per heavy atom. The minimum atomic E-state index is -0.478. The van der Waals surface area contributed by atoms with Crippen LogP contribution in [0.25, 0.3) is 0 Å². The van der Waals surface area contributed by atoms with Gasteiger partial charge in [-0.2, -0.15) is 0 Å². The van der Waals surface area contributed by atoms with Crippen molar-refractivity contribution in [3.05, 3.63) is 35.1 Å². The summed E-state index contributed by atoms with van der Waals surface area (Å²) in [5, 5.41) is 12.2. The molecular weight excluding hydrogens is 331 g/mol. The molecule has 2 fully saturated rings. The second kappa shape index (κ2) is 5.94. The van der Waals surface area contributed by atoms with E-state index in [-0.39, 0.29) is 24.8 Å². The number of hydrogen-bond acceptors (Lipinski definition) is 5. The third kappa shape index (κ3) is 3.01. The zero-order valence-electron chi connectivity index (χ0n) is 12.7. The molecule has 1 atom stereocenters. The summed E-state index contributed by atoms with van der Waals surface area (Å²) in [6.45, 7) is 0.238. The van der Waals surface area contributed by atoms with Gasteiger partial charge in [-0.15, -0.1) is 10.2 Å². The van der Waals surface area contributed by atoms with Crippen molar-refractivity contribution in [3.8, 4) is 0 Å². The first-order valence-electron chi connectivity index (χ1n) is 7.80. The van der Waals surface area contributed by atoms with Crippen LogP contribution in [0, 0.1) is 11.7 Å². The van der Waals surface area contributed by atoms with Gasteiger partial charge in [0.15, 0.2) is 0 Å². The van der Waals surface area contributed by atoms with Crippen LogP contribution in [0.3, 0.4) is 0 Å². The van der Waals surface area contributed by atoms with E-state index >= 15 is 0 Å². The van der Waals surface area contributed by atoms with Crippen molar-refractivity contribution in [2.24, 2.45) is 5.92 Å². The molecule has 2 heterocycles. The molecule has 1 aromatic heterocycles. The third-order valence-corrected chi connectivity index (χ3v) is 5.21. The van der Waals surface area contributed by atoms with Crippen LogP contribution < -0.4 is 10.2 Å². The highest BCUT2D eigenvalue weighted by atomic mass is 32.1. The van der Waals surface area contributed by atoms with Crippen molar-refractivity contribution in [1.82, 2.24) is 10.2 Å². The molecule has 2 aliphatic rings. The summed E-state index contributed by atoms with van der Waals surface area (Å²) in [6.07, 6.45) is 2.36. The van der Waals surface area contributed by atoms with Crippen LogP contribution in [0.4, 0.5) is 15.2 Å². The number of aromatic nitrogens is 2. The molecule has 0 spiro atoms. The van der Waals surface area contributed by atoms with E-state index in [1.165, 1.54) is 28.4 Å². The monoisotopic (exact) mass is 346 g/mol. The number of carbonyl (C=O) groups excluding carboxylic acids is 2. The molecule has 1 saturated heterocycles. The predicted molar refractivity (Wildman–Crippen MR) is 87.4 cm³/mol. The number of hydrogen-bond donors (Lipinski definition) is 1. The molecule has 1 saturated carbocycles. The van der Waals surface area contributed by atoms with Gasteiger partial charge in [0.2, 0.25) is 16.9 Å². The highest BCUT2D eigenvalue weighted by Crippen LogP contribution is 2.42. The van der Waals surface area contributed by atoms with Crippen LogP contribution >= 0.6 is 11.3 Å². The van der Waals surface area contributed by atoms with Gasteiger partial charge >= 0.3 is 0 Å². The van der Waals surface area contributed by atoms with Gasteiger partial charge in [0.25, 0.3) is 0 Å². The maximum Gasteiger partial charge on any atom is 0.231 e. The number of halogens is 1. The van der Waals surface area contributed by atoms with E-state index in [0.29, 0.717) is 16.7 Å². The van der Waals surface area contributed by atoms with Gasteiger partial charge in [-0.3, -0.25) is 9.59 Å². The van der Waals surface area contributed by atoms with E-state index in [0.717, 1.165) is 17.8 Å². The Balaban J connectivity index is 1.42. The summed E-state index contributed by atoms with van der Waals surface area (Å²) in [5.74, 6) is -0.828. The van der Waals surface area contributed by atoms with Gasteiger partial charge in [-0.25, -0.2) is 4.39 Å². The van der Waals surface area contributed by atoms with Crippen LogP contribution in [0.2, 0.25) is 0 Å². The topological polar surface area (TPSA) is 75.2 Å². The second-order valence-corrected chi connectivity index (χ2v) is 7.10. The first-order valence-corrected chi connectivity index (χ1v) is 8.62. The molecular formula is C16H15FN4O2S. The molecule has 124 valence electrons. The van der Waals surface area contributed by atoms with Crippen molar-refractivity contribution in [1.29, 1.82) is 0 Å². The van der Waals surface area contributed by atoms with Crippen LogP contribution in [-0.4, -0.2) is 28.6 Å². The lowest BCUT2D eigenvalue weighted by Gasteiger charge is -2.16. The Kier molecular flexibility index (Phi) is 3.76. The summed E-state index contributed by atoms with van der Waals surface area (Å²) in [7, 11) is 0. The lowest BCUT2D eigenvalue weighted by molar-refractivity contribution is -0.122. The third-order valence-electron chi connectivity index (χ3n) is 4.21. The highest BCUT2D eigenvalue weighted by molar-refractivity contribution is 7.15. The number of nitrogens with one attached hydrogen (secondary N) is 1. The minimum absolute atomic E-state index is 0.108. The molecule has 1 aliphatic heterocycles. The Hall–Kier alpha value is -2.35. The van der Waals surface area contributed by atoms with Crippen LogP contribution in [-0.2, 0) is 9.59 Å². The summed E-state index contributed by atoms with van der Waals surface area (Å²) >= 11 is 1.39. The Morgan fingerprint density at radius 3 is 2.92 bits per heavy atom. The number of anilines is 2. The molecule has 4 rings (SSSR count). The fourth-order valence-electron chi connectivity index (χ4n) is 2.76. The number of rotatable bonds is 4. The van der Waals surface area contributed by atoms with E-state index in [1.807, 2.05) is 0 Å². The number of benzene rings is 1. The smallest absolute Gasteiger partial charge is 0.231 e.